The molecule has 0 aliphatic carbocycles. The van der Waals surface area contributed by atoms with E-state index in [2.05, 4.69) is 37.8 Å². The van der Waals surface area contributed by atoms with Crippen LogP contribution in [0.2, 0.25) is 5.02 Å². The number of thiophene rings is 1. The van der Waals surface area contributed by atoms with Crippen LogP contribution in [0.5, 0.6) is 0 Å². The number of hydrogen-bond acceptors (Lipinski definition) is 4. The highest BCUT2D eigenvalue weighted by molar-refractivity contribution is 9.10. The minimum Gasteiger partial charge on any atom is -0.271 e. The second-order valence-electron chi connectivity index (χ2n) is 3.56. The van der Waals surface area contributed by atoms with Gasteiger partial charge in [-0.05, 0) is 34.1 Å². The molecule has 0 amide bonds. The zero-order valence-electron chi connectivity index (χ0n) is 8.86. The number of hydrazine groups is 1. The summed E-state index contributed by atoms with van der Waals surface area (Å²) in [7, 11) is 0. The van der Waals surface area contributed by atoms with Gasteiger partial charge in [0, 0.05) is 27.3 Å². The molecule has 2 aromatic heterocycles. The maximum atomic E-state index is 5.80. The van der Waals surface area contributed by atoms with Gasteiger partial charge in [0.15, 0.2) is 0 Å². The Hall–Kier alpha value is -0.460. The SMILES string of the molecule is NNC(Cc1cc(Br)cs1)c1ccc(Cl)cn1. The van der Waals surface area contributed by atoms with Crippen LogP contribution >= 0.6 is 38.9 Å². The largest absolute Gasteiger partial charge is 0.271 e. The first-order valence-corrected chi connectivity index (χ1v) is 7.04. The third-order valence-electron chi connectivity index (χ3n) is 2.34. The molecular formula is C11H11BrClN3S. The average Bonchev–Trinajstić information content (AvgIpc) is 2.73. The molecule has 1 unspecified atom stereocenters. The zero-order valence-corrected chi connectivity index (χ0v) is 12.0. The van der Waals surface area contributed by atoms with Crippen LogP contribution in [0, 0.1) is 0 Å². The molecule has 1 atom stereocenters. The Morgan fingerprint density at radius 3 is 2.88 bits per heavy atom. The minimum absolute atomic E-state index is 0.00202. The summed E-state index contributed by atoms with van der Waals surface area (Å²) >= 11 is 10.9. The second-order valence-corrected chi connectivity index (χ2v) is 5.90. The third-order valence-corrected chi connectivity index (χ3v) is 4.28. The third kappa shape index (κ3) is 3.50. The molecule has 0 saturated carbocycles. The van der Waals surface area contributed by atoms with E-state index in [4.69, 9.17) is 17.4 Å². The van der Waals surface area contributed by atoms with Gasteiger partial charge in [-0.3, -0.25) is 16.3 Å². The summed E-state index contributed by atoms with van der Waals surface area (Å²) in [5.41, 5.74) is 3.67. The number of hydrogen-bond donors (Lipinski definition) is 2. The van der Waals surface area contributed by atoms with E-state index in [0.717, 1.165) is 16.6 Å². The fourth-order valence-corrected chi connectivity index (χ4v) is 3.11. The van der Waals surface area contributed by atoms with Gasteiger partial charge in [-0.2, -0.15) is 0 Å². The maximum Gasteiger partial charge on any atom is 0.0680 e. The highest BCUT2D eigenvalue weighted by Gasteiger charge is 2.13. The van der Waals surface area contributed by atoms with E-state index in [1.807, 2.05) is 12.1 Å². The van der Waals surface area contributed by atoms with Crippen LogP contribution in [0.15, 0.2) is 34.2 Å². The lowest BCUT2D eigenvalue weighted by atomic mass is 10.1. The molecule has 0 spiro atoms. The molecule has 6 heteroatoms. The quantitative estimate of drug-likeness (QED) is 0.667. The summed E-state index contributed by atoms with van der Waals surface area (Å²) in [6, 6.07) is 5.79. The Bertz CT molecular complexity index is 486. The van der Waals surface area contributed by atoms with Crippen molar-refractivity contribution in [3.05, 3.63) is 49.8 Å². The summed E-state index contributed by atoms with van der Waals surface area (Å²) < 4.78 is 1.09. The van der Waals surface area contributed by atoms with Crippen LogP contribution in [-0.4, -0.2) is 4.98 Å². The lowest BCUT2D eigenvalue weighted by molar-refractivity contribution is 0.542. The molecule has 3 N–H and O–H groups in total. The molecule has 2 rings (SSSR count). The topological polar surface area (TPSA) is 50.9 Å². The zero-order chi connectivity index (χ0) is 12.3. The van der Waals surface area contributed by atoms with E-state index in [1.165, 1.54) is 4.88 Å². The van der Waals surface area contributed by atoms with Crippen LogP contribution in [0.3, 0.4) is 0 Å². The molecule has 0 saturated heterocycles. The number of halogens is 2. The molecule has 3 nitrogen and oxygen atoms in total. The van der Waals surface area contributed by atoms with Gasteiger partial charge >= 0.3 is 0 Å². The van der Waals surface area contributed by atoms with Crippen molar-refractivity contribution in [2.75, 3.05) is 0 Å². The Kier molecular flexibility index (Phi) is 4.53. The first-order valence-electron chi connectivity index (χ1n) is 4.99. The Balaban J connectivity index is 2.13. The smallest absolute Gasteiger partial charge is 0.0680 e. The molecular weight excluding hydrogens is 322 g/mol. The van der Waals surface area contributed by atoms with Crippen LogP contribution < -0.4 is 11.3 Å². The van der Waals surface area contributed by atoms with Crippen molar-refractivity contribution in [1.82, 2.24) is 10.4 Å². The van der Waals surface area contributed by atoms with Gasteiger partial charge in [-0.1, -0.05) is 11.6 Å². The van der Waals surface area contributed by atoms with E-state index in [9.17, 15) is 0 Å². The lowest BCUT2D eigenvalue weighted by Gasteiger charge is -2.14. The highest BCUT2D eigenvalue weighted by atomic mass is 79.9. The first kappa shape index (κ1) is 13.0. The van der Waals surface area contributed by atoms with Crippen LogP contribution in [0.25, 0.3) is 0 Å². The van der Waals surface area contributed by atoms with Crippen molar-refractivity contribution in [1.29, 1.82) is 0 Å². The molecule has 0 aromatic carbocycles. The van der Waals surface area contributed by atoms with Gasteiger partial charge in [0.1, 0.15) is 0 Å². The van der Waals surface area contributed by atoms with Crippen LogP contribution in [-0.2, 0) is 6.42 Å². The normalized spacial score (nSPS) is 12.6. The van der Waals surface area contributed by atoms with E-state index in [-0.39, 0.29) is 6.04 Å². The van der Waals surface area contributed by atoms with E-state index in [0.29, 0.717) is 5.02 Å². The summed E-state index contributed by atoms with van der Waals surface area (Å²) in [6.45, 7) is 0. The van der Waals surface area contributed by atoms with Gasteiger partial charge < -0.3 is 0 Å². The standard InChI is InChI=1S/C11H11BrClN3S/c12-7-3-9(17-6-7)4-11(16-14)10-2-1-8(13)5-15-10/h1-3,5-6,11,16H,4,14H2. The van der Waals surface area contributed by atoms with Crippen molar-refractivity contribution in [2.45, 2.75) is 12.5 Å². The Labute approximate surface area is 117 Å². The fraction of sp³-hybridized carbons (Fsp3) is 0.182. The fourth-order valence-electron chi connectivity index (χ4n) is 1.50. The Morgan fingerprint density at radius 2 is 2.35 bits per heavy atom. The summed E-state index contributed by atoms with van der Waals surface area (Å²) in [5.74, 6) is 5.57. The molecule has 0 aliphatic rings. The van der Waals surface area contributed by atoms with Gasteiger partial charge in [-0.15, -0.1) is 11.3 Å². The number of aromatic nitrogens is 1. The predicted molar refractivity (Wildman–Crippen MR) is 75.0 cm³/mol. The molecule has 0 fully saturated rings. The van der Waals surface area contributed by atoms with Crippen molar-refractivity contribution in [3.63, 3.8) is 0 Å². The molecule has 2 aromatic rings. The summed E-state index contributed by atoms with van der Waals surface area (Å²) in [4.78, 5) is 5.52. The van der Waals surface area contributed by atoms with Gasteiger partial charge in [0.25, 0.3) is 0 Å². The van der Waals surface area contributed by atoms with Crippen molar-refractivity contribution in [2.24, 2.45) is 5.84 Å². The number of pyridine rings is 1. The molecule has 0 radical (unpaired) electrons. The van der Waals surface area contributed by atoms with Gasteiger partial charge in [0.2, 0.25) is 0 Å². The minimum atomic E-state index is -0.00202. The Morgan fingerprint density at radius 1 is 1.53 bits per heavy atom. The lowest BCUT2D eigenvalue weighted by Crippen LogP contribution is -2.30. The maximum absolute atomic E-state index is 5.80. The number of rotatable bonds is 4. The monoisotopic (exact) mass is 331 g/mol. The number of nitrogens with two attached hydrogens (primary N) is 1. The molecule has 90 valence electrons. The first-order chi connectivity index (χ1) is 8.19. The molecule has 0 bridgehead atoms. The van der Waals surface area contributed by atoms with Gasteiger partial charge in [-0.25, -0.2) is 0 Å². The number of nitrogens with zero attached hydrogens (tertiary/aromatic N) is 1. The van der Waals surface area contributed by atoms with E-state index >= 15 is 0 Å². The highest BCUT2D eigenvalue weighted by Crippen LogP contribution is 2.24. The number of nitrogens with one attached hydrogen (secondary N) is 1. The summed E-state index contributed by atoms with van der Waals surface area (Å²) in [6.07, 6.45) is 2.44. The van der Waals surface area contributed by atoms with Crippen molar-refractivity contribution >= 4 is 38.9 Å². The van der Waals surface area contributed by atoms with Crippen LogP contribution in [0.1, 0.15) is 16.6 Å². The van der Waals surface area contributed by atoms with Gasteiger partial charge in [0.05, 0.1) is 16.8 Å². The molecule has 0 aliphatic heterocycles. The van der Waals surface area contributed by atoms with Crippen molar-refractivity contribution < 1.29 is 0 Å². The van der Waals surface area contributed by atoms with Crippen LogP contribution in [0.4, 0.5) is 0 Å². The summed E-state index contributed by atoms with van der Waals surface area (Å²) in [5, 5.41) is 2.68. The second kappa shape index (κ2) is 5.93. The van der Waals surface area contributed by atoms with Crippen molar-refractivity contribution in [3.8, 4) is 0 Å². The molecule has 17 heavy (non-hydrogen) atoms. The van der Waals surface area contributed by atoms with E-state index < -0.39 is 0 Å². The molecule has 2 heterocycles. The average molecular weight is 333 g/mol. The van der Waals surface area contributed by atoms with E-state index in [1.54, 1.807) is 17.5 Å². The predicted octanol–water partition coefficient (Wildman–Crippen LogP) is 3.31.